The molecule has 0 fully saturated rings. The van der Waals surface area contributed by atoms with Gasteiger partial charge in [0.1, 0.15) is 0 Å². The molecule has 4 heteroatoms. The van der Waals surface area contributed by atoms with E-state index in [2.05, 4.69) is 217 Å². The minimum absolute atomic E-state index is 0.621. The maximum absolute atomic E-state index is 5.39. The second-order valence-corrected chi connectivity index (χ2v) is 15.6. The molecule has 0 unspecified atom stereocenters. The molecule has 0 radical (unpaired) electrons. The zero-order valence-corrected chi connectivity index (χ0v) is 33.1. The molecule has 0 aliphatic heterocycles. The van der Waals surface area contributed by atoms with Gasteiger partial charge >= 0.3 is 0 Å². The quantitative estimate of drug-likeness (QED) is 0.125. The van der Waals surface area contributed by atoms with Crippen molar-refractivity contribution < 1.29 is 0 Å². The lowest BCUT2D eigenvalue weighted by molar-refractivity contribution is 1.08. The molecule has 0 bridgehead atoms. The van der Waals surface area contributed by atoms with Gasteiger partial charge in [-0.3, -0.25) is 0 Å². The highest BCUT2D eigenvalue weighted by molar-refractivity contribution is 6.19. The van der Waals surface area contributed by atoms with Gasteiger partial charge in [-0.25, -0.2) is 15.0 Å². The van der Waals surface area contributed by atoms with Gasteiger partial charge in [0.15, 0.2) is 17.5 Å². The summed E-state index contributed by atoms with van der Waals surface area (Å²) in [4.78, 5) is 16.0. The molecule has 10 aromatic carbocycles. The Balaban J connectivity index is 1.06. The van der Waals surface area contributed by atoms with E-state index < -0.39 is 0 Å². The summed E-state index contributed by atoms with van der Waals surface area (Å²) in [5.41, 5.74) is 10.8. The fourth-order valence-electron chi connectivity index (χ4n) is 9.09. The van der Waals surface area contributed by atoms with Crippen molar-refractivity contribution in [1.29, 1.82) is 0 Å². The number of benzene rings is 10. The summed E-state index contributed by atoms with van der Waals surface area (Å²) < 4.78 is 2.36. The monoisotopic (exact) mass is 776 g/mol. The van der Waals surface area contributed by atoms with Crippen LogP contribution >= 0.6 is 0 Å². The van der Waals surface area contributed by atoms with Gasteiger partial charge in [-0.1, -0.05) is 182 Å². The Labute approximate surface area is 352 Å². The number of hydrogen-bond donors (Lipinski definition) is 0. The van der Waals surface area contributed by atoms with Crippen LogP contribution in [0.4, 0.5) is 0 Å². The van der Waals surface area contributed by atoms with Crippen LogP contribution in [-0.2, 0) is 0 Å². The van der Waals surface area contributed by atoms with Crippen molar-refractivity contribution in [2.75, 3.05) is 0 Å². The van der Waals surface area contributed by atoms with Crippen LogP contribution in [0.15, 0.2) is 218 Å². The lowest BCUT2D eigenvalue weighted by atomic mass is 9.93. The molecule has 12 rings (SSSR count). The van der Waals surface area contributed by atoms with Crippen molar-refractivity contribution in [2.45, 2.75) is 0 Å². The van der Waals surface area contributed by atoms with Gasteiger partial charge in [-0.05, 0) is 91.0 Å². The summed E-state index contributed by atoms with van der Waals surface area (Å²) in [5.74, 6) is 1.89. The Hall–Kier alpha value is -8.21. The molecule has 0 aliphatic carbocycles. The molecule has 61 heavy (non-hydrogen) atoms. The van der Waals surface area contributed by atoms with Crippen molar-refractivity contribution in [3.63, 3.8) is 0 Å². The van der Waals surface area contributed by atoms with E-state index in [4.69, 9.17) is 15.0 Å². The molecular formula is C57H36N4. The van der Waals surface area contributed by atoms with Gasteiger partial charge in [0, 0.05) is 33.2 Å². The van der Waals surface area contributed by atoms with E-state index in [0.717, 1.165) is 60.7 Å². The molecule has 2 aromatic heterocycles. The first-order valence-electron chi connectivity index (χ1n) is 20.7. The molecule has 0 spiro atoms. The minimum atomic E-state index is 0.621. The molecule has 0 N–H and O–H groups in total. The van der Waals surface area contributed by atoms with E-state index in [1.54, 1.807) is 0 Å². The first kappa shape index (κ1) is 34.8. The predicted octanol–water partition coefficient (Wildman–Crippen LogP) is 14.8. The molecule has 0 saturated carbocycles. The number of hydrogen-bond acceptors (Lipinski definition) is 3. The third-order valence-corrected chi connectivity index (χ3v) is 12.0. The van der Waals surface area contributed by atoms with Crippen molar-refractivity contribution in [2.24, 2.45) is 0 Å². The Morgan fingerprint density at radius 3 is 1.62 bits per heavy atom. The Kier molecular flexibility index (Phi) is 8.13. The molecule has 12 aromatic rings. The highest BCUT2D eigenvalue weighted by atomic mass is 15.0. The highest BCUT2D eigenvalue weighted by Crippen LogP contribution is 2.40. The third-order valence-electron chi connectivity index (χ3n) is 12.0. The van der Waals surface area contributed by atoms with E-state index in [-0.39, 0.29) is 0 Å². The molecule has 0 saturated heterocycles. The minimum Gasteiger partial charge on any atom is -0.309 e. The van der Waals surface area contributed by atoms with Crippen LogP contribution in [0.2, 0.25) is 0 Å². The number of nitrogens with zero attached hydrogens (tertiary/aromatic N) is 4. The number of aromatic nitrogens is 4. The second-order valence-electron chi connectivity index (χ2n) is 15.6. The van der Waals surface area contributed by atoms with Crippen molar-refractivity contribution in [3.8, 4) is 62.1 Å². The average Bonchev–Trinajstić information content (AvgIpc) is 3.67. The summed E-state index contributed by atoms with van der Waals surface area (Å²) in [5, 5.41) is 9.38. The molecule has 0 amide bonds. The van der Waals surface area contributed by atoms with Crippen LogP contribution in [0.25, 0.3) is 116 Å². The van der Waals surface area contributed by atoms with Crippen LogP contribution in [0.1, 0.15) is 0 Å². The van der Waals surface area contributed by atoms with Crippen molar-refractivity contribution >= 4 is 54.1 Å². The van der Waals surface area contributed by atoms with Gasteiger partial charge in [-0.15, -0.1) is 0 Å². The fourth-order valence-corrected chi connectivity index (χ4v) is 9.09. The van der Waals surface area contributed by atoms with E-state index >= 15 is 0 Å². The number of fused-ring (bicyclic) bond motifs is 7. The SMILES string of the molecule is c1ccc(-c2ccc(-c3nc(-c4cccc(-c5ccc6c7ccccc7n(-c7ccccc7)c6c5)c4)nc(-c4c5ccccc5cc5c4ccc4ccccc45)n3)cc2)cc1. The maximum Gasteiger partial charge on any atom is 0.165 e. The zero-order chi connectivity index (χ0) is 40.3. The van der Waals surface area contributed by atoms with Crippen molar-refractivity contribution in [1.82, 2.24) is 19.5 Å². The third kappa shape index (κ3) is 5.96. The predicted molar refractivity (Wildman–Crippen MR) is 254 cm³/mol. The molecule has 0 aliphatic rings. The Morgan fingerprint density at radius 2 is 0.803 bits per heavy atom. The van der Waals surface area contributed by atoms with Gasteiger partial charge in [-0.2, -0.15) is 0 Å². The van der Waals surface area contributed by atoms with Gasteiger partial charge < -0.3 is 4.57 Å². The molecular weight excluding hydrogens is 741 g/mol. The van der Waals surface area contributed by atoms with Gasteiger partial charge in [0.05, 0.1) is 11.0 Å². The normalized spacial score (nSPS) is 11.6. The Bertz CT molecular complexity index is 3630. The fraction of sp³-hybridized carbons (Fsp3) is 0. The molecule has 2 heterocycles. The number of rotatable bonds is 6. The van der Waals surface area contributed by atoms with Crippen LogP contribution in [0, 0.1) is 0 Å². The topological polar surface area (TPSA) is 43.6 Å². The van der Waals surface area contributed by atoms with E-state index in [0.29, 0.717) is 17.5 Å². The zero-order valence-electron chi connectivity index (χ0n) is 33.1. The van der Waals surface area contributed by atoms with E-state index in [1.807, 2.05) is 6.07 Å². The second kappa shape index (κ2) is 14.3. The summed E-state index contributed by atoms with van der Waals surface area (Å²) in [6, 6.07) is 77.6. The first-order valence-corrected chi connectivity index (χ1v) is 20.7. The molecule has 4 nitrogen and oxygen atoms in total. The standard InChI is InChI=1S/C57H36N4/c1-3-14-37(15-4-1)38-26-28-40(29-27-38)55-58-56(60-57(59-55)54-47-23-10-8-17-43(47)35-51-46-22-9-7-16-39(46)30-33-50(51)54)44-19-13-18-41(34-44)42-31-32-49-48-24-11-12-25-52(48)61(53(49)36-42)45-20-5-2-6-21-45/h1-36H. The average molecular weight is 777 g/mol. The smallest absolute Gasteiger partial charge is 0.165 e. The Morgan fingerprint density at radius 1 is 0.262 bits per heavy atom. The lowest BCUT2D eigenvalue weighted by Gasteiger charge is -2.15. The summed E-state index contributed by atoms with van der Waals surface area (Å²) >= 11 is 0. The van der Waals surface area contributed by atoms with Crippen LogP contribution < -0.4 is 0 Å². The van der Waals surface area contributed by atoms with E-state index in [9.17, 15) is 0 Å². The van der Waals surface area contributed by atoms with Gasteiger partial charge in [0.2, 0.25) is 0 Å². The van der Waals surface area contributed by atoms with Crippen LogP contribution in [0.5, 0.6) is 0 Å². The van der Waals surface area contributed by atoms with Crippen molar-refractivity contribution in [3.05, 3.63) is 218 Å². The van der Waals surface area contributed by atoms with E-state index in [1.165, 1.54) is 38.0 Å². The first-order chi connectivity index (χ1) is 30.2. The lowest BCUT2D eigenvalue weighted by Crippen LogP contribution is -2.01. The highest BCUT2D eigenvalue weighted by Gasteiger charge is 2.19. The van der Waals surface area contributed by atoms with Gasteiger partial charge in [0.25, 0.3) is 0 Å². The molecule has 0 atom stereocenters. The summed E-state index contributed by atoms with van der Waals surface area (Å²) in [7, 11) is 0. The summed E-state index contributed by atoms with van der Waals surface area (Å²) in [6.07, 6.45) is 0. The molecule has 284 valence electrons. The number of para-hydroxylation sites is 2. The van der Waals surface area contributed by atoms with Crippen LogP contribution in [0.3, 0.4) is 0 Å². The summed E-state index contributed by atoms with van der Waals surface area (Å²) in [6.45, 7) is 0. The largest absolute Gasteiger partial charge is 0.309 e. The van der Waals surface area contributed by atoms with Crippen LogP contribution in [-0.4, -0.2) is 19.5 Å². The maximum atomic E-state index is 5.39.